The Hall–Kier alpha value is -2.01. The summed E-state index contributed by atoms with van der Waals surface area (Å²) in [4.78, 5) is 12.1. The summed E-state index contributed by atoms with van der Waals surface area (Å²) in [6.07, 6.45) is -0.214. The first kappa shape index (κ1) is 15.4. The Bertz CT molecular complexity index is 620. The number of hydrogen-bond acceptors (Lipinski definition) is 4. The molecule has 0 aliphatic rings. The topological polar surface area (TPSA) is 64.4 Å². The molecule has 0 aliphatic carbocycles. The standard InChI is InChI=1S/C15H17ClN2O3/c1-9(20-13-7-5-4-6-12(13)16)8-17-15(19)14-10(2)18-21-11(14)3/h4-7,9H,8H2,1-3H3,(H,17,19)/t9-/m0/s1. The molecule has 2 aromatic rings. The van der Waals surface area contributed by atoms with Crippen LogP contribution in [-0.2, 0) is 0 Å². The molecule has 0 spiro atoms. The van der Waals surface area contributed by atoms with Crippen LogP contribution in [0.25, 0.3) is 0 Å². The van der Waals surface area contributed by atoms with Crippen molar-refractivity contribution in [2.45, 2.75) is 26.9 Å². The van der Waals surface area contributed by atoms with Crippen molar-refractivity contribution in [2.24, 2.45) is 0 Å². The van der Waals surface area contributed by atoms with Crippen LogP contribution in [0, 0.1) is 13.8 Å². The predicted molar refractivity (Wildman–Crippen MR) is 79.9 cm³/mol. The van der Waals surface area contributed by atoms with E-state index in [1.54, 1.807) is 26.0 Å². The van der Waals surface area contributed by atoms with E-state index in [-0.39, 0.29) is 12.0 Å². The van der Waals surface area contributed by atoms with Crippen molar-refractivity contribution in [1.82, 2.24) is 10.5 Å². The van der Waals surface area contributed by atoms with Gasteiger partial charge in [-0.15, -0.1) is 0 Å². The summed E-state index contributed by atoms with van der Waals surface area (Å²) in [5.41, 5.74) is 1.05. The fraction of sp³-hybridized carbons (Fsp3) is 0.333. The van der Waals surface area contributed by atoms with Crippen molar-refractivity contribution in [3.8, 4) is 5.75 Å². The second-order valence-electron chi connectivity index (χ2n) is 4.77. The first-order valence-corrected chi connectivity index (χ1v) is 6.99. The number of hydrogen-bond donors (Lipinski definition) is 1. The van der Waals surface area contributed by atoms with Gasteiger partial charge < -0.3 is 14.6 Å². The highest BCUT2D eigenvalue weighted by Gasteiger charge is 2.18. The lowest BCUT2D eigenvalue weighted by atomic mass is 10.2. The average molecular weight is 309 g/mol. The Morgan fingerprint density at radius 3 is 2.76 bits per heavy atom. The fourth-order valence-corrected chi connectivity index (χ4v) is 2.11. The summed E-state index contributed by atoms with van der Waals surface area (Å²) in [5, 5.41) is 7.10. The molecule has 0 fully saturated rings. The van der Waals surface area contributed by atoms with Gasteiger partial charge in [0.2, 0.25) is 0 Å². The van der Waals surface area contributed by atoms with E-state index in [1.807, 2.05) is 19.1 Å². The zero-order valence-corrected chi connectivity index (χ0v) is 12.9. The van der Waals surface area contributed by atoms with Gasteiger partial charge in [-0.2, -0.15) is 0 Å². The van der Waals surface area contributed by atoms with E-state index >= 15 is 0 Å². The summed E-state index contributed by atoms with van der Waals surface area (Å²) in [6, 6.07) is 7.22. The van der Waals surface area contributed by atoms with Crippen LogP contribution in [0.5, 0.6) is 5.75 Å². The largest absolute Gasteiger partial charge is 0.487 e. The number of aryl methyl sites for hydroxylation is 2. The number of carbonyl (C=O) groups excluding carboxylic acids is 1. The first-order valence-electron chi connectivity index (χ1n) is 6.61. The van der Waals surface area contributed by atoms with Gasteiger partial charge in [-0.3, -0.25) is 4.79 Å². The minimum absolute atomic E-state index is 0.214. The second-order valence-corrected chi connectivity index (χ2v) is 5.18. The van der Waals surface area contributed by atoms with Crippen LogP contribution in [0.2, 0.25) is 5.02 Å². The van der Waals surface area contributed by atoms with Gasteiger partial charge >= 0.3 is 0 Å². The Labute approximate surface area is 128 Å². The molecule has 112 valence electrons. The van der Waals surface area contributed by atoms with E-state index in [9.17, 15) is 4.79 Å². The van der Waals surface area contributed by atoms with Crippen LogP contribution in [0.4, 0.5) is 0 Å². The van der Waals surface area contributed by atoms with Crippen molar-refractivity contribution < 1.29 is 14.1 Å². The van der Waals surface area contributed by atoms with Crippen LogP contribution in [0.15, 0.2) is 28.8 Å². The normalized spacial score (nSPS) is 12.0. The molecule has 21 heavy (non-hydrogen) atoms. The van der Waals surface area contributed by atoms with Crippen LogP contribution < -0.4 is 10.1 Å². The SMILES string of the molecule is Cc1noc(C)c1C(=O)NC[C@H](C)Oc1ccccc1Cl. The molecule has 1 aromatic heterocycles. The van der Waals surface area contributed by atoms with Gasteiger partial charge in [-0.05, 0) is 32.9 Å². The maximum atomic E-state index is 12.1. The van der Waals surface area contributed by atoms with Crippen molar-refractivity contribution in [3.05, 3.63) is 46.3 Å². The summed E-state index contributed by atoms with van der Waals surface area (Å²) in [7, 11) is 0. The van der Waals surface area contributed by atoms with Gasteiger partial charge in [0.25, 0.3) is 5.91 Å². The Balaban J connectivity index is 1.91. The molecule has 1 atom stereocenters. The smallest absolute Gasteiger partial charge is 0.256 e. The number of rotatable bonds is 5. The molecule has 1 heterocycles. The van der Waals surface area contributed by atoms with Crippen LogP contribution in [0.1, 0.15) is 28.7 Å². The highest BCUT2D eigenvalue weighted by Crippen LogP contribution is 2.24. The van der Waals surface area contributed by atoms with Gasteiger partial charge in [-0.1, -0.05) is 28.9 Å². The average Bonchev–Trinajstić information content (AvgIpc) is 2.78. The minimum atomic E-state index is -0.221. The Kier molecular flexibility index (Phi) is 4.85. The molecule has 2 rings (SSSR count). The molecule has 1 amide bonds. The highest BCUT2D eigenvalue weighted by atomic mass is 35.5. The van der Waals surface area contributed by atoms with Crippen molar-refractivity contribution in [1.29, 1.82) is 0 Å². The molecule has 1 aromatic carbocycles. The van der Waals surface area contributed by atoms with Crippen LogP contribution in [-0.4, -0.2) is 23.7 Å². The highest BCUT2D eigenvalue weighted by molar-refractivity contribution is 6.32. The molecule has 0 radical (unpaired) electrons. The number of halogens is 1. The number of benzene rings is 1. The summed E-state index contributed by atoms with van der Waals surface area (Å²) in [6.45, 7) is 5.65. The quantitative estimate of drug-likeness (QED) is 0.921. The van der Waals surface area contributed by atoms with Crippen LogP contribution in [0.3, 0.4) is 0 Å². The molecule has 0 bridgehead atoms. The van der Waals surface area contributed by atoms with Gasteiger partial charge in [0.15, 0.2) is 0 Å². The fourth-order valence-electron chi connectivity index (χ4n) is 1.93. The van der Waals surface area contributed by atoms with E-state index < -0.39 is 0 Å². The number of para-hydroxylation sites is 1. The monoisotopic (exact) mass is 308 g/mol. The number of amides is 1. The third-order valence-electron chi connectivity index (χ3n) is 2.98. The molecule has 0 saturated carbocycles. The molecule has 1 N–H and O–H groups in total. The van der Waals surface area contributed by atoms with Gasteiger partial charge in [0, 0.05) is 0 Å². The third kappa shape index (κ3) is 3.76. The zero-order chi connectivity index (χ0) is 15.4. The number of nitrogens with one attached hydrogen (secondary N) is 1. The van der Waals surface area contributed by atoms with Crippen molar-refractivity contribution in [2.75, 3.05) is 6.54 Å². The lowest BCUT2D eigenvalue weighted by Crippen LogP contribution is -2.34. The number of ether oxygens (including phenoxy) is 1. The van der Waals surface area contributed by atoms with E-state index in [2.05, 4.69) is 10.5 Å². The van der Waals surface area contributed by atoms with Gasteiger partial charge in [-0.25, -0.2) is 0 Å². The molecular weight excluding hydrogens is 292 g/mol. The number of carbonyl (C=O) groups is 1. The second kappa shape index (κ2) is 6.63. The zero-order valence-electron chi connectivity index (χ0n) is 12.1. The number of nitrogens with zero attached hydrogens (tertiary/aromatic N) is 1. The molecule has 5 nitrogen and oxygen atoms in total. The minimum Gasteiger partial charge on any atom is -0.487 e. The van der Waals surface area contributed by atoms with E-state index in [0.717, 1.165) is 0 Å². The summed E-state index contributed by atoms with van der Waals surface area (Å²) < 4.78 is 10.7. The van der Waals surface area contributed by atoms with E-state index in [1.165, 1.54) is 0 Å². The van der Waals surface area contributed by atoms with E-state index in [0.29, 0.717) is 34.3 Å². The maximum absolute atomic E-state index is 12.1. The van der Waals surface area contributed by atoms with Crippen molar-refractivity contribution >= 4 is 17.5 Å². The molecule has 0 saturated heterocycles. The summed E-state index contributed by atoms with van der Waals surface area (Å²) >= 11 is 6.02. The molecule has 6 heteroatoms. The van der Waals surface area contributed by atoms with Gasteiger partial charge in [0.05, 0.1) is 17.3 Å². The lowest BCUT2D eigenvalue weighted by molar-refractivity contribution is 0.0930. The van der Waals surface area contributed by atoms with E-state index in [4.69, 9.17) is 20.9 Å². The third-order valence-corrected chi connectivity index (χ3v) is 3.29. The Morgan fingerprint density at radius 1 is 1.43 bits per heavy atom. The van der Waals surface area contributed by atoms with Crippen LogP contribution >= 0.6 is 11.6 Å². The number of aromatic nitrogens is 1. The molecular formula is C15H17ClN2O3. The first-order chi connectivity index (χ1) is 9.99. The molecule has 0 aliphatic heterocycles. The predicted octanol–water partition coefficient (Wildman–Crippen LogP) is 3.14. The summed E-state index contributed by atoms with van der Waals surface area (Å²) in [5.74, 6) is 0.879. The molecule has 0 unspecified atom stereocenters. The van der Waals surface area contributed by atoms with Crippen molar-refractivity contribution in [3.63, 3.8) is 0 Å². The maximum Gasteiger partial charge on any atom is 0.256 e. The lowest BCUT2D eigenvalue weighted by Gasteiger charge is -2.16. The van der Waals surface area contributed by atoms with Gasteiger partial charge in [0.1, 0.15) is 23.2 Å². The Morgan fingerprint density at radius 2 is 2.14 bits per heavy atom.